The first-order valence-electron chi connectivity index (χ1n) is 6.19. The highest BCUT2D eigenvalue weighted by molar-refractivity contribution is 5.93. The summed E-state index contributed by atoms with van der Waals surface area (Å²) in [4.78, 5) is 23.8. The number of nitrogens with one attached hydrogen (secondary N) is 1. The molecule has 0 aliphatic rings. The van der Waals surface area contributed by atoms with E-state index in [2.05, 4.69) is 5.32 Å². The third-order valence-corrected chi connectivity index (χ3v) is 3.00. The van der Waals surface area contributed by atoms with Crippen LogP contribution in [0.1, 0.15) is 15.9 Å². The Morgan fingerprint density at radius 1 is 1.25 bits per heavy atom. The SMILES string of the molecule is COc1ccccc1CNC(=O)c1cccn(C)c1=O. The lowest BCUT2D eigenvalue weighted by Gasteiger charge is -2.09. The van der Waals surface area contributed by atoms with Gasteiger partial charge in [-0.05, 0) is 18.2 Å². The first-order chi connectivity index (χ1) is 9.63. The predicted octanol–water partition coefficient (Wildman–Crippen LogP) is 1.32. The van der Waals surface area contributed by atoms with Crippen molar-refractivity contribution in [3.63, 3.8) is 0 Å². The van der Waals surface area contributed by atoms with E-state index in [-0.39, 0.29) is 11.1 Å². The predicted molar refractivity (Wildman–Crippen MR) is 75.8 cm³/mol. The van der Waals surface area contributed by atoms with Crippen LogP contribution in [0.4, 0.5) is 0 Å². The minimum Gasteiger partial charge on any atom is -0.496 e. The molecule has 2 rings (SSSR count). The van der Waals surface area contributed by atoms with E-state index >= 15 is 0 Å². The first kappa shape index (κ1) is 13.9. The van der Waals surface area contributed by atoms with Crippen LogP contribution in [0, 0.1) is 0 Å². The molecule has 1 aromatic carbocycles. The molecule has 1 aromatic heterocycles. The van der Waals surface area contributed by atoms with Gasteiger partial charge >= 0.3 is 0 Å². The van der Waals surface area contributed by atoms with E-state index in [1.807, 2.05) is 24.3 Å². The van der Waals surface area contributed by atoms with Crippen LogP contribution in [-0.4, -0.2) is 17.6 Å². The van der Waals surface area contributed by atoms with Crippen LogP contribution in [0.2, 0.25) is 0 Å². The molecule has 20 heavy (non-hydrogen) atoms. The summed E-state index contributed by atoms with van der Waals surface area (Å²) in [5, 5.41) is 2.73. The molecule has 0 bridgehead atoms. The largest absolute Gasteiger partial charge is 0.496 e. The summed E-state index contributed by atoms with van der Waals surface area (Å²) < 4.78 is 6.58. The van der Waals surface area contributed by atoms with E-state index in [9.17, 15) is 9.59 Å². The van der Waals surface area contributed by atoms with E-state index in [4.69, 9.17) is 4.74 Å². The van der Waals surface area contributed by atoms with Crippen molar-refractivity contribution >= 4 is 5.91 Å². The third kappa shape index (κ3) is 2.88. The maximum Gasteiger partial charge on any atom is 0.263 e. The Morgan fingerprint density at radius 2 is 2.00 bits per heavy atom. The van der Waals surface area contributed by atoms with Gasteiger partial charge in [-0.15, -0.1) is 0 Å². The number of methoxy groups -OCH3 is 1. The quantitative estimate of drug-likeness (QED) is 0.913. The molecule has 1 heterocycles. The number of rotatable bonds is 4. The van der Waals surface area contributed by atoms with Crippen LogP contribution in [-0.2, 0) is 13.6 Å². The molecule has 0 fully saturated rings. The number of hydrogen-bond acceptors (Lipinski definition) is 3. The van der Waals surface area contributed by atoms with E-state index in [1.54, 1.807) is 26.4 Å². The second kappa shape index (κ2) is 6.06. The number of aryl methyl sites for hydroxylation is 1. The van der Waals surface area contributed by atoms with Gasteiger partial charge in [-0.25, -0.2) is 0 Å². The zero-order valence-corrected chi connectivity index (χ0v) is 11.4. The normalized spacial score (nSPS) is 10.1. The summed E-state index contributed by atoms with van der Waals surface area (Å²) >= 11 is 0. The van der Waals surface area contributed by atoms with Crippen molar-refractivity contribution in [1.82, 2.24) is 9.88 Å². The van der Waals surface area contributed by atoms with E-state index in [0.29, 0.717) is 12.3 Å². The molecule has 0 aliphatic carbocycles. The number of ether oxygens (including phenoxy) is 1. The molecule has 1 amide bonds. The summed E-state index contributed by atoms with van der Waals surface area (Å²) in [6, 6.07) is 10.6. The number of nitrogens with zero attached hydrogens (tertiary/aromatic N) is 1. The topological polar surface area (TPSA) is 60.3 Å². The second-order valence-electron chi connectivity index (χ2n) is 4.33. The lowest BCUT2D eigenvalue weighted by molar-refractivity contribution is 0.0948. The maximum absolute atomic E-state index is 12.0. The average molecular weight is 272 g/mol. The molecule has 5 heteroatoms. The van der Waals surface area contributed by atoms with E-state index in [0.717, 1.165) is 5.56 Å². The minimum absolute atomic E-state index is 0.130. The summed E-state index contributed by atoms with van der Waals surface area (Å²) in [7, 11) is 3.19. The van der Waals surface area contributed by atoms with Crippen molar-refractivity contribution in [1.29, 1.82) is 0 Å². The van der Waals surface area contributed by atoms with Crippen molar-refractivity contribution in [2.75, 3.05) is 7.11 Å². The van der Waals surface area contributed by atoms with Gasteiger partial charge < -0.3 is 14.6 Å². The van der Waals surface area contributed by atoms with Crippen molar-refractivity contribution in [3.8, 4) is 5.75 Å². The highest BCUT2D eigenvalue weighted by Gasteiger charge is 2.11. The van der Waals surface area contributed by atoms with Gasteiger partial charge in [0.25, 0.3) is 11.5 Å². The highest BCUT2D eigenvalue weighted by atomic mass is 16.5. The fourth-order valence-electron chi connectivity index (χ4n) is 1.89. The Labute approximate surface area is 116 Å². The molecule has 104 valence electrons. The Bertz CT molecular complexity index is 677. The molecule has 0 spiro atoms. The molecule has 5 nitrogen and oxygen atoms in total. The van der Waals surface area contributed by atoms with E-state index in [1.165, 1.54) is 10.6 Å². The molecule has 2 aromatic rings. The standard InChI is InChI=1S/C15H16N2O3/c1-17-9-5-7-12(15(17)19)14(18)16-10-11-6-3-4-8-13(11)20-2/h3-9H,10H2,1-2H3,(H,16,18). The van der Waals surface area contributed by atoms with Crippen LogP contribution in [0.15, 0.2) is 47.4 Å². The van der Waals surface area contributed by atoms with Crippen LogP contribution in [0.25, 0.3) is 0 Å². The van der Waals surface area contributed by atoms with Crippen LogP contribution < -0.4 is 15.6 Å². The van der Waals surface area contributed by atoms with Crippen LogP contribution in [0.5, 0.6) is 5.75 Å². The number of carbonyl (C=O) groups excluding carboxylic acids is 1. The van der Waals surface area contributed by atoms with Gasteiger partial charge in [0.05, 0.1) is 7.11 Å². The lowest BCUT2D eigenvalue weighted by Crippen LogP contribution is -2.31. The van der Waals surface area contributed by atoms with Gasteiger partial charge in [0.2, 0.25) is 0 Å². The molecule has 0 saturated heterocycles. The van der Waals surface area contributed by atoms with Gasteiger partial charge in [0.1, 0.15) is 11.3 Å². The number of benzene rings is 1. The first-order valence-corrected chi connectivity index (χ1v) is 6.19. The Kier molecular flexibility index (Phi) is 4.20. The fourth-order valence-corrected chi connectivity index (χ4v) is 1.89. The number of carbonyl (C=O) groups is 1. The van der Waals surface area contributed by atoms with Gasteiger partial charge in [0.15, 0.2) is 0 Å². The smallest absolute Gasteiger partial charge is 0.263 e. The lowest BCUT2D eigenvalue weighted by atomic mass is 10.2. The van der Waals surface area contributed by atoms with Crippen molar-refractivity contribution in [2.24, 2.45) is 7.05 Å². The van der Waals surface area contributed by atoms with Crippen molar-refractivity contribution < 1.29 is 9.53 Å². The van der Waals surface area contributed by atoms with Crippen LogP contribution >= 0.6 is 0 Å². The van der Waals surface area contributed by atoms with E-state index < -0.39 is 5.91 Å². The van der Waals surface area contributed by atoms with Gasteiger partial charge in [-0.2, -0.15) is 0 Å². The van der Waals surface area contributed by atoms with Crippen LogP contribution in [0.3, 0.4) is 0 Å². The van der Waals surface area contributed by atoms with Crippen molar-refractivity contribution in [2.45, 2.75) is 6.54 Å². The summed E-state index contributed by atoms with van der Waals surface area (Å²) in [5.41, 5.74) is 0.672. The number of hydrogen-bond donors (Lipinski definition) is 1. The van der Waals surface area contributed by atoms with Gasteiger partial charge in [-0.3, -0.25) is 9.59 Å². The number of pyridine rings is 1. The third-order valence-electron chi connectivity index (χ3n) is 3.00. The van der Waals surface area contributed by atoms with Gasteiger partial charge in [0, 0.05) is 25.4 Å². The number of para-hydroxylation sites is 1. The number of aromatic nitrogens is 1. The Balaban J connectivity index is 2.13. The second-order valence-corrected chi connectivity index (χ2v) is 4.33. The Hall–Kier alpha value is -2.56. The molecule has 0 aliphatic heterocycles. The van der Waals surface area contributed by atoms with Crippen molar-refractivity contribution in [3.05, 3.63) is 64.1 Å². The molecule has 0 unspecified atom stereocenters. The average Bonchev–Trinajstić information content (AvgIpc) is 2.48. The Morgan fingerprint density at radius 3 is 2.75 bits per heavy atom. The fraction of sp³-hybridized carbons (Fsp3) is 0.200. The molecule has 0 radical (unpaired) electrons. The molecule has 1 N–H and O–H groups in total. The zero-order valence-electron chi connectivity index (χ0n) is 11.4. The molecule has 0 saturated carbocycles. The highest BCUT2D eigenvalue weighted by Crippen LogP contribution is 2.16. The summed E-state index contributed by atoms with van der Waals surface area (Å²) in [6.07, 6.45) is 1.61. The molecular formula is C15H16N2O3. The summed E-state index contributed by atoms with van der Waals surface area (Å²) in [6.45, 7) is 0.306. The zero-order chi connectivity index (χ0) is 14.5. The molecule has 0 atom stereocenters. The van der Waals surface area contributed by atoms with Gasteiger partial charge in [-0.1, -0.05) is 18.2 Å². The maximum atomic E-state index is 12.0. The minimum atomic E-state index is -0.392. The monoisotopic (exact) mass is 272 g/mol. The summed E-state index contributed by atoms with van der Waals surface area (Å²) in [5.74, 6) is 0.311. The number of amides is 1. The molecular weight excluding hydrogens is 256 g/mol.